The van der Waals surface area contributed by atoms with Gasteiger partial charge in [-0.3, -0.25) is 5.32 Å². The molecule has 0 spiro atoms. The summed E-state index contributed by atoms with van der Waals surface area (Å²) in [6.07, 6.45) is 0. The van der Waals surface area contributed by atoms with Gasteiger partial charge in [-0.1, -0.05) is 18.2 Å². The highest BCUT2D eigenvalue weighted by Gasteiger charge is 2.25. The van der Waals surface area contributed by atoms with Crippen LogP contribution < -0.4 is 14.8 Å². The molecule has 2 amide bonds. The standard InChI is InChI=1S/C15H20N6O6S2/c1-10-16-13(19-15(17-10)27-4)18-14(22)20-29(25,26)12-8-6-5-7-11(12)9-28(23,24)21(2)3/h5-8H,9H2,1-4H3,(H2,16,17,18,19,20,22). The maximum absolute atomic E-state index is 12.6. The van der Waals surface area contributed by atoms with E-state index >= 15 is 0 Å². The van der Waals surface area contributed by atoms with Crippen molar-refractivity contribution in [3.8, 4) is 6.01 Å². The molecule has 0 saturated carbocycles. The van der Waals surface area contributed by atoms with Crippen molar-refractivity contribution >= 4 is 32.0 Å². The molecular weight excluding hydrogens is 424 g/mol. The van der Waals surface area contributed by atoms with Crippen LogP contribution in [0.25, 0.3) is 0 Å². The minimum atomic E-state index is -4.38. The van der Waals surface area contributed by atoms with E-state index in [1.54, 1.807) is 4.72 Å². The Morgan fingerprint density at radius 2 is 1.76 bits per heavy atom. The summed E-state index contributed by atoms with van der Waals surface area (Å²) in [4.78, 5) is 23.3. The Hall–Kier alpha value is -2.84. The maximum atomic E-state index is 12.6. The van der Waals surface area contributed by atoms with Crippen LogP contribution >= 0.6 is 0 Å². The van der Waals surface area contributed by atoms with Gasteiger partial charge in [0.1, 0.15) is 5.82 Å². The second-order valence-corrected chi connectivity index (χ2v) is 9.73. The van der Waals surface area contributed by atoms with E-state index in [0.717, 1.165) is 4.31 Å². The van der Waals surface area contributed by atoms with Gasteiger partial charge in [-0.2, -0.15) is 15.0 Å². The molecule has 0 radical (unpaired) electrons. The Labute approximate surface area is 168 Å². The van der Waals surface area contributed by atoms with Crippen molar-refractivity contribution in [1.29, 1.82) is 0 Å². The number of sulfonamides is 2. The quantitative estimate of drug-likeness (QED) is 0.603. The smallest absolute Gasteiger partial charge is 0.335 e. The van der Waals surface area contributed by atoms with E-state index < -0.39 is 31.8 Å². The van der Waals surface area contributed by atoms with Crippen LogP contribution in [-0.2, 0) is 25.8 Å². The first-order chi connectivity index (χ1) is 13.4. The molecule has 29 heavy (non-hydrogen) atoms. The highest BCUT2D eigenvalue weighted by atomic mass is 32.2. The van der Waals surface area contributed by atoms with Crippen LogP contribution in [-0.4, -0.2) is 63.3 Å². The predicted molar refractivity (Wildman–Crippen MR) is 103 cm³/mol. The average Bonchev–Trinajstić information content (AvgIpc) is 2.60. The molecule has 0 aliphatic rings. The van der Waals surface area contributed by atoms with Crippen molar-refractivity contribution in [2.75, 3.05) is 26.5 Å². The summed E-state index contributed by atoms with van der Waals surface area (Å²) in [5, 5.41) is 2.17. The van der Waals surface area contributed by atoms with E-state index in [4.69, 9.17) is 4.74 Å². The first-order valence-corrected chi connectivity index (χ1v) is 11.1. The number of carbonyl (C=O) groups is 1. The molecule has 158 valence electrons. The molecule has 0 aliphatic carbocycles. The lowest BCUT2D eigenvalue weighted by atomic mass is 10.2. The fourth-order valence-corrected chi connectivity index (χ4v) is 4.26. The van der Waals surface area contributed by atoms with E-state index in [1.807, 2.05) is 0 Å². The second kappa shape index (κ2) is 8.67. The Morgan fingerprint density at radius 1 is 1.10 bits per heavy atom. The van der Waals surface area contributed by atoms with Crippen LogP contribution in [0.5, 0.6) is 6.01 Å². The molecule has 1 heterocycles. The number of urea groups is 1. The highest BCUT2D eigenvalue weighted by Crippen LogP contribution is 2.19. The van der Waals surface area contributed by atoms with Gasteiger partial charge < -0.3 is 4.74 Å². The highest BCUT2D eigenvalue weighted by molar-refractivity contribution is 7.90. The SMILES string of the molecule is COc1nc(C)nc(NC(=O)NS(=O)(=O)c2ccccc2CS(=O)(=O)N(C)C)n1. The number of amides is 2. The lowest BCUT2D eigenvalue weighted by Crippen LogP contribution is -2.35. The van der Waals surface area contributed by atoms with Gasteiger partial charge in [0.25, 0.3) is 10.0 Å². The van der Waals surface area contributed by atoms with Gasteiger partial charge in [0.2, 0.25) is 16.0 Å². The van der Waals surface area contributed by atoms with E-state index in [9.17, 15) is 21.6 Å². The summed E-state index contributed by atoms with van der Waals surface area (Å²) in [6, 6.07) is 4.27. The third-order valence-corrected chi connectivity index (χ3v) is 6.74. The number of benzene rings is 1. The molecule has 0 unspecified atom stereocenters. The monoisotopic (exact) mass is 444 g/mol. The third kappa shape index (κ3) is 5.82. The Bertz CT molecular complexity index is 1120. The largest absolute Gasteiger partial charge is 0.467 e. The predicted octanol–water partition coefficient (Wildman–Crippen LogP) is 0.0904. The van der Waals surface area contributed by atoms with Crippen molar-refractivity contribution in [3.63, 3.8) is 0 Å². The Kier molecular flexibility index (Phi) is 6.71. The van der Waals surface area contributed by atoms with Gasteiger partial charge in [-0.15, -0.1) is 0 Å². The zero-order chi connectivity index (χ0) is 21.8. The van der Waals surface area contributed by atoms with Crippen LogP contribution in [0.3, 0.4) is 0 Å². The summed E-state index contributed by atoms with van der Waals surface area (Å²) in [5.41, 5.74) is 0.0131. The molecule has 0 aliphatic heterocycles. The first kappa shape index (κ1) is 22.4. The fraction of sp³-hybridized carbons (Fsp3) is 0.333. The number of nitrogens with one attached hydrogen (secondary N) is 2. The number of anilines is 1. The molecule has 12 nitrogen and oxygen atoms in total. The molecule has 14 heteroatoms. The summed E-state index contributed by atoms with van der Waals surface area (Å²) in [6.45, 7) is 1.53. The Morgan fingerprint density at radius 3 is 2.38 bits per heavy atom. The molecule has 0 bridgehead atoms. The molecule has 0 saturated heterocycles. The van der Waals surface area contributed by atoms with Gasteiger partial charge in [0, 0.05) is 14.1 Å². The number of ether oxygens (including phenoxy) is 1. The average molecular weight is 444 g/mol. The van der Waals surface area contributed by atoms with Crippen LogP contribution in [0.4, 0.5) is 10.7 Å². The van der Waals surface area contributed by atoms with Crippen molar-refractivity contribution in [2.24, 2.45) is 0 Å². The number of nitrogens with zero attached hydrogens (tertiary/aromatic N) is 4. The lowest BCUT2D eigenvalue weighted by molar-refractivity contribution is 0.256. The number of aryl methyl sites for hydroxylation is 1. The van der Waals surface area contributed by atoms with E-state index in [1.165, 1.54) is 52.4 Å². The second-order valence-electron chi connectivity index (χ2n) is 5.90. The van der Waals surface area contributed by atoms with E-state index in [0.29, 0.717) is 0 Å². The molecule has 0 atom stereocenters. The zero-order valence-electron chi connectivity index (χ0n) is 16.1. The number of hydrogen-bond acceptors (Lipinski definition) is 9. The summed E-state index contributed by atoms with van der Waals surface area (Å²) < 4.78 is 57.2. The van der Waals surface area contributed by atoms with Crippen LogP contribution in [0.1, 0.15) is 11.4 Å². The zero-order valence-corrected chi connectivity index (χ0v) is 17.7. The topological polar surface area (TPSA) is 161 Å². The molecule has 2 rings (SSSR count). The van der Waals surface area contributed by atoms with Gasteiger partial charge in [-0.05, 0) is 18.6 Å². The first-order valence-electron chi connectivity index (χ1n) is 8.03. The number of methoxy groups -OCH3 is 1. The van der Waals surface area contributed by atoms with Crippen molar-refractivity contribution < 1.29 is 26.4 Å². The Balaban J connectivity index is 2.26. The number of hydrogen-bond donors (Lipinski definition) is 2. The molecule has 2 N–H and O–H groups in total. The van der Waals surface area contributed by atoms with E-state index in [2.05, 4.69) is 20.3 Å². The minimum absolute atomic E-state index is 0.0131. The molecule has 1 aromatic carbocycles. The number of carbonyl (C=O) groups excluding carboxylic acids is 1. The van der Waals surface area contributed by atoms with Crippen molar-refractivity contribution in [3.05, 3.63) is 35.7 Å². The van der Waals surface area contributed by atoms with Crippen LogP contribution in [0.15, 0.2) is 29.2 Å². The molecule has 0 fully saturated rings. The minimum Gasteiger partial charge on any atom is -0.467 e. The van der Waals surface area contributed by atoms with Crippen molar-refractivity contribution in [1.82, 2.24) is 24.0 Å². The van der Waals surface area contributed by atoms with Gasteiger partial charge >= 0.3 is 12.0 Å². The third-order valence-electron chi connectivity index (χ3n) is 3.52. The number of aromatic nitrogens is 3. The van der Waals surface area contributed by atoms with Crippen LogP contribution in [0, 0.1) is 6.92 Å². The van der Waals surface area contributed by atoms with Crippen molar-refractivity contribution in [2.45, 2.75) is 17.6 Å². The summed E-state index contributed by atoms with van der Waals surface area (Å²) in [5.74, 6) is -0.525. The van der Waals surface area contributed by atoms with E-state index in [-0.39, 0.29) is 28.2 Å². The van der Waals surface area contributed by atoms with Gasteiger partial charge in [-0.25, -0.2) is 30.7 Å². The normalized spacial score (nSPS) is 11.9. The molecule has 1 aromatic heterocycles. The van der Waals surface area contributed by atoms with Gasteiger partial charge in [0.15, 0.2) is 0 Å². The fourth-order valence-electron chi connectivity index (χ4n) is 2.12. The summed E-state index contributed by atoms with van der Waals surface area (Å²) in [7, 11) is -4.11. The number of rotatable bonds is 7. The maximum Gasteiger partial charge on any atom is 0.335 e. The van der Waals surface area contributed by atoms with Crippen LogP contribution in [0.2, 0.25) is 0 Å². The lowest BCUT2D eigenvalue weighted by Gasteiger charge is -2.15. The van der Waals surface area contributed by atoms with Gasteiger partial charge in [0.05, 0.1) is 17.8 Å². The molecular formula is C15H20N6O6S2. The molecule has 2 aromatic rings. The summed E-state index contributed by atoms with van der Waals surface area (Å²) >= 11 is 0.